The minimum absolute atomic E-state index is 0.0592. The van der Waals surface area contributed by atoms with Crippen molar-refractivity contribution in [3.63, 3.8) is 0 Å². The van der Waals surface area contributed by atoms with E-state index in [4.69, 9.17) is 4.11 Å². The van der Waals surface area contributed by atoms with Crippen molar-refractivity contribution in [3.8, 4) is 28.1 Å². The number of imidazole rings is 1. The van der Waals surface area contributed by atoms with Crippen LogP contribution in [-0.4, -0.2) is 14.5 Å². The topological polar surface area (TPSA) is 30.7 Å². The Morgan fingerprint density at radius 1 is 0.639 bits per heavy atom. The summed E-state index contributed by atoms with van der Waals surface area (Å²) in [6.07, 6.45) is 1.81. The average molecular weight is 465 g/mol. The van der Waals surface area contributed by atoms with Gasteiger partial charge in [-0.05, 0) is 59.1 Å². The molecule has 2 aromatic heterocycles. The van der Waals surface area contributed by atoms with Crippen molar-refractivity contribution in [1.82, 2.24) is 14.5 Å². The van der Waals surface area contributed by atoms with Crippen LogP contribution in [0.2, 0.25) is 0 Å². The van der Waals surface area contributed by atoms with Gasteiger partial charge < -0.3 is 0 Å². The maximum Gasteiger partial charge on any atom is 0.111 e. The van der Waals surface area contributed by atoms with Crippen LogP contribution in [0.5, 0.6) is 0 Å². The highest BCUT2D eigenvalue weighted by atomic mass is 15.1. The number of benzene rings is 5. The number of para-hydroxylation sites is 2. The Labute approximate surface area is 213 Å². The molecule has 0 fully saturated rings. The zero-order valence-corrected chi connectivity index (χ0v) is 19.4. The van der Waals surface area contributed by atoms with Crippen molar-refractivity contribution in [2.45, 2.75) is 6.85 Å². The van der Waals surface area contributed by atoms with Crippen LogP contribution in [0.4, 0.5) is 0 Å². The van der Waals surface area contributed by atoms with Crippen LogP contribution >= 0.6 is 0 Å². The quantitative estimate of drug-likeness (QED) is 0.246. The molecule has 0 spiro atoms. The third-order valence-electron chi connectivity index (χ3n) is 6.80. The molecule has 3 nitrogen and oxygen atoms in total. The molecule has 36 heavy (non-hydrogen) atoms. The maximum absolute atomic E-state index is 8.34. The summed E-state index contributed by atoms with van der Waals surface area (Å²) >= 11 is 0. The number of hydrogen-bond donors (Lipinski definition) is 0. The lowest BCUT2D eigenvalue weighted by Crippen LogP contribution is -2.01. The first-order chi connectivity index (χ1) is 19.0. The largest absolute Gasteiger partial charge is 0.295 e. The smallest absolute Gasteiger partial charge is 0.111 e. The lowest BCUT2D eigenvalue weighted by atomic mass is 9.89. The van der Waals surface area contributed by atoms with Gasteiger partial charge in [0.1, 0.15) is 5.82 Å². The van der Waals surface area contributed by atoms with E-state index < -0.39 is 6.85 Å². The van der Waals surface area contributed by atoms with Gasteiger partial charge in [0.2, 0.25) is 0 Å². The predicted octanol–water partition coefficient (Wildman–Crippen LogP) is 8.37. The molecule has 7 rings (SSSR count). The highest BCUT2D eigenvalue weighted by Crippen LogP contribution is 2.42. The summed E-state index contributed by atoms with van der Waals surface area (Å²) in [6.45, 7) is -2.39. The van der Waals surface area contributed by atoms with E-state index in [0.29, 0.717) is 5.52 Å². The van der Waals surface area contributed by atoms with Crippen molar-refractivity contribution in [3.05, 3.63) is 127 Å². The summed E-state index contributed by atoms with van der Waals surface area (Å²) in [6, 6.07) is 38.4. The number of hydrogen-bond acceptors (Lipinski definition) is 2. The van der Waals surface area contributed by atoms with Gasteiger partial charge in [-0.3, -0.25) is 9.55 Å². The summed E-state index contributed by atoms with van der Waals surface area (Å²) in [5.74, 6) is 0.0592. The third kappa shape index (κ3) is 3.14. The van der Waals surface area contributed by atoms with Gasteiger partial charge in [-0.15, -0.1) is 0 Å². The number of fused-ring (bicyclic) bond motifs is 3. The number of pyridine rings is 1. The Kier molecular flexibility index (Phi) is 4.01. The molecule has 0 radical (unpaired) electrons. The fourth-order valence-electron chi connectivity index (χ4n) is 5.28. The zero-order valence-electron chi connectivity index (χ0n) is 22.4. The van der Waals surface area contributed by atoms with Crippen molar-refractivity contribution in [1.29, 1.82) is 0 Å². The number of aryl methyl sites for hydroxylation is 1. The fourth-order valence-corrected chi connectivity index (χ4v) is 5.28. The average Bonchev–Trinajstić information content (AvgIpc) is 3.36. The Balaban J connectivity index is 1.62. The molecule has 0 aliphatic carbocycles. The number of rotatable bonds is 3. The Hall–Kier alpha value is -4.76. The lowest BCUT2D eigenvalue weighted by molar-refractivity contribution is 1.02. The van der Waals surface area contributed by atoms with Gasteiger partial charge in [0.05, 0.1) is 22.4 Å². The minimum Gasteiger partial charge on any atom is -0.295 e. The molecule has 170 valence electrons. The van der Waals surface area contributed by atoms with E-state index in [0.717, 1.165) is 55.1 Å². The summed E-state index contributed by atoms with van der Waals surface area (Å²) in [4.78, 5) is 9.15. The highest BCUT2D eigenvalue weighted by molar-refractivity contribution is 6.18. The maximum atomic E-state index is 8.34. The van der Waals surface area contributed by atoms with Crippen LogP contribution in [0.3, 0.4) is 0 Å². The molecule has 2 heterocycles. The summed E-state index contributed by atoms with van der Waals surface area (Å²) < 4.78 is 26.8. The summed E-state index contributed by atoms with van der Waals surface area (Å²) in [5, 5.41) is 4.00. The van der Waals surface area contributed by atoms with Crippen molar-refractivity contribution >= 4 is 32.6 Å². The SMILES string of the molecule is [2H]C([2H])([2H])c1nc2ccccc2n1-c1c2ccccc2c(-c2cccc(-c3ccccn3)c2)c2ccccc12. The molecule has 3 heteroatoms. The Morgan fingerprint density at radius 2 is 1.31 bits per heavy atom. The zero-order chi connectivity index (χ0) is 26.6. The monoisotopic (exact) mass is 464 g/mol. The van der Waals surface area contributed by atoms with Gasteiger partial charge in [-0.2, -0.15) is 0 Å². The van der Waals surface area contributed by atoms with E-state index >= 15 is 0 Å². The van der Waals surface area contributed by atoms with Gasteiger partial charge >= 0.3 is 0 Å². The molecule has 0 bridgehead atoms. The van der Waals surface area contributed by atoms with Crippen molar-refractivity contribution in [2.75, 3.05) is 0 Å². The van der Waals surface area contributed by atoms with E-state index in [1.807, 2.05) is 71.3 Å². The number of nitrogens with zero attached hydrogens (tertiary/aromatic N) is 3. The second-order valence-electron chi connectivity index (χ2n) is 8.87. The third-order valence-corrected chi connectivity index (χ3v) is 6.80. The van der Waals surface area contributed by atoms with Gasteiger partial charge in [-0.1, -0.05) is 84.9 Å². The molecule has 0 saturated heterocycles. The standard InChI is InChI=1S/C33H23N3/c1-22-35-30-18-6-7-19-31(30)36(22)33-27-15-4-2-13-25(27)32(26-14-3-5-16-28(26)33)24-12-10-11-23(21-24)29-17-8-9-20-34-29/h2-21H,1H3/i1D3. The van der Waals surface area contributed by atoms with Crippen LogP contribution in [0.25, 0.3) is 60.6 Å². The van der Waals surface area contributed by atoms with Gasteiger partial charge in [-0.25, -0.2) is 4.98 Å². The first-order valence-corrected chi connectivity index (χ1v) is 11.9. The molecular weight excluding hydrogens is 438 g/mol. The molecule has 0 amide bonds. The van der Waals surface area contributed by atoms with Crippen LogP contribution in [0.1, 0.15) is 9.94 Å². The second-order valence-corrected chi connectivity index (χ2v) is 8.87. The van der Waals surface area contributed by atoms with Crippen LogP contribution in [0, 0.1) is 6.85 Å². The van der Waals surface area contributed by atoms with E-state index in [2.05, 4.69) is 58.5 Å². The molecule has 0 saturated carbocycles. The Morgan fingerprint density at radius 3 is 2.03 bits per heavy atom. The normalized spacial score (nSPS) is 13.1. The molecule has 0 aliphatic heterocycles. The first kappa shape index (κ1) is 17.6. The molecule has 0 N–H and O–H groups in total. The summed E-state index contributed by atoms with van der Waals surface area (Å²) in [5.41, 5.74) is 6.37. The minimum atomic E-state index is -2.39. The molecule has 0 atom stereocenters. The van der Waals surface area contributed by atoms with E-state index in [1.165, 1.54) is 0 Å². The molecule has 5 aromatic carbocycles. The van der Waals surface area contributed by atoms with E-state index in [-0.39, 0.29) is 5.82 Å². The van der Waals surface area contributed by atoms with Gasteiger partial charge in [0.15, 0.2) is 0 Å². The van der Waals surface area contributed by atoms with Gasteiger partial charge in [0, 0.05) is 26.6 Å². The number of aromatic nitrogens is 3. The van der Waals surface area contributed by atoms with Crippen molar-refractivity contribution in [2.24, 2.45) is 0 Å². The highest BCUT2D eigenvalue weighted by Gasteiger charge is 2.19. The van der Waals surface area contributed by atoms with Crippen LogP contribution in [0.15, 0.2) is 121 Å². The molecule has 0 aliphatic rings. The predicted molar refractivity (Wildman–Crippen MR) is 149 cm³/mol. The Bertz CT molecular complexity index is 1950. The molecular formula is C33H23N3. The molecule has 7 aromatic rings. The lowest BCUT2D eigenvalue weighted by Gasteiger charge is -2.19. The van der Waals surface area contributed by atoms with Crippen molar-refractivity contribution < 1.29 is 4.11 Å². The van der Waals surface area contributed by atoms with Crippen LogP contribution in [-0.2, 0) is 0 Å². The molecule has 0 unspecified atom stereocenters. The first-order valence-electron chi connectivity index (χ1n) is 13.4. The summed E-state index contributed by atoms with van der Waals surface area (Å²) in [7, 11) is 0. The van der Waals surface area contributed by atoms with Crippen LogP contribution < -0.4 is 0 Å². The second kappa shape index (κ2) is 8.17. The van der Waals surface area contributed by atoms with Gasteiger partial charge in [0.25, 0.3) is 0 Å². The van der Waals surface area contributed by atoms with E-state index in [1.54, 1.807) is 6.20 Å². The fraction of sp³-hybridized carbons (Fsp3) is 0.0303. The van der Waals surface area contributed by atoms with E-state index in [9.17, 15) is 0 Å².